The number of benzene rings is 2. The molecule has 2 aromatic carbocycles. The van der Waals surface area contributed by atoms with Gasteiger partial charge in [-0.2, -0.15) is 0 Å². The van der Waals surface area contributed by atoms with Crippen molar-refractivity contribution in [1.29, 1.82) is 0 Å². The predicted octanol–water partition coefficient (Wildman–Crippen LogP) is 4.12. The molecule has 0 saturated carbocycles. The molecule has 0 aromatic heterocycles. The van der Waals surface area contributed by atoms with Crippen molar-refractivity contribution in [3.63, 3.8) is 0 Å². The minimum Gasteiger partial charge on any atom is -0.494 e. The first-order valence-corrected chi connectivity index (χ1v) is 7.76. The molecule has 0 spiro atoms. The number of aryl methyl sites for hydroxylation is 1. The Morgan fingerprint density at radius 3 is 2.57 bits per heavy atom. The second-order valence-electron chi connectivity index (χ2n) is 5.41. The summed E-state index contributed by atoms with van der Waals surface area (Å²) in [4.78, 5) is 0. The van der Waals surface area contributed by atoms with Crippen molar-refractivity contribution in [2.45, 2.75) is 33.2 Å². The monoisotopic (exact) mass is 283 g/mol. The summed E-state index contributed by atoms with van der Waals surface area (Å²) in [5.41, 5.74) is 3.97. The Balaban J connectivity index is 1.74. The fraction of sp³-hybridized carbons (Fsp3) is 0.368. The molecule has 2 heteroatoms. The first-order valence-electron chi connectivity index (χ1n) is 7.76. The van der Waals surface area contributed by atoms with Crippen molar-refractivity contribution in [2.24, 2.45) is 0 Å². The fourth-order valence-electron chi connectivity index (χ4n) is 2.19. The Kier molecular flexibility index (Phi) is 6.29. The molecule has 0 fully saturated rings. The van der Waals surface area contributed by atoms with E-state index in [4.69, 9.17) is 4.74 Å². The molecule has 2 aromatic rings. The van der Waals surface area contributed by atoms with Gasteiger partial charge in [0.15, 0.2) is 0 Å². The van der Waals surface area contributed by atoms with Crippen LogP contribution < -0.4 is 10.1 Å². The van der Waals surface area contributed by atoms with E-state index in [2.05, 4.69) is 61.6 Å². The Morgan fingerprint density at radius 1 is 1.00 bits per heavy atom. The molecule has 0 aliphatic rings. The molecule has 0 amide bonds. The largest absolute Gasteiger partial charge is 0.494 e. The van der Waals surface area contributed by atoms with Crippen LogP contribution in [0, 0.1) is 6.92 Å². The number of hydrogen-bond acceptors (Lipinski definition) is 2. The summed E-state index contributed by atoms with van der Waals surface area (Å²) >= 11 is 0. The Morgan fingerprint density at radius 2 is 1.81 bits per heavy atom. The summed E-state index contributed by atoms with van der Waals surface area (Å²) in [5.74, 6) is 0.967. The van der Waals surface area contributed by atoms with Crippen LogP contribution in [0.5, 0.6) is 5.75 Å². The maximum Gasteiger partial charge on any atom is 0.119 e. The van der Waals surface area contributed by atoms with Gasteiger partial charge in [-0.05, 0) is 49.6 Å². The summed E-state index contributed by atoms with van der Waals surface area (Å²) in [6.07, 6.45) is 2.10. The normalized spacial score (nSPS) is 10.6. The second kappa shape index (κ2) is 8.48. The van der Waals surface area contributed by atoms with Crippen molar-refractivity contribution < 1.29 is 4.74 Å². The smallest absolute Gasteiger partial charge is 0.119 e. The van der Waals surface area contributed by atoms with Crippen LogP contribution >= 0.6 is 0 Å². The summed E-state index contributed by atoms with van der Waals surface area (Å²) in [6.45, 7) is 6.90. The summed E-state index contributed by atoms with van der Waals surface area (Å²) in [5, 5.41) is 3.49. The van der Waals surface area contributed by atoms with E-state index in [1.165, 1.54) is 16.7 Å². The molecular formula is C19H25NO. The molecule has 0 unspecified atom stereocenters. The van der Waals surface area contributed by atoms with Gasteiger partial charge in [0.25, 0.3) is 0 Å². The van der Waals surface area contributed by atoms with E-state index in [1.807, 2.05) is 6.07 Å². The van der Waals surface area contributed by atoms with Crippen molar-refractivity contribution in [3.8, 4) is 5.75 Å². The summed E-state index contributed by atoms with van der Waals surface area (Å²) in [7, 11) is 0. The molecular weight excluding hydrogens is 258 g/mol. The van der Waals surface area contributed by atoms with Gasteiger partial charge < -0.3 is 10.1 Å². The van der Waals surface area contributed by atoms with Gasteiger partial charge in [0.2, 0.25) is 0 Å². The fourth-order valence-corrected chi connectivity index (χ4v) is 2.19. The van der Waals surface area contributed by atoms with Crippen LogP contribution in [0.4, 0.5) is 0 Å². The molecule has 21 heavy (non-hydrogen) atoms. The lowest BCUT2D eigenvalue weighted by atomic mass is 10.1. The highest BCUT2D eigenvalue weighted by Crippen LogP contribution is 2.13. The van der Waals surface area contributed by atoms with Crippen molar-refractivity contribution >= 4 is 0 Å². The molecule has 2 rings (SSSR count). The van der Waals surface area contributed by atoms with Crippen LogP contribution in [0.3, 0.4) is 0 Å². The van der Waals surface area contributed by atoms with Crippen LogP contribution in [-0.2, 0) is 13.0 Å². The number of nitrogens with one attached hydrogen (secondary N) is 1. The van der Waals surface area contributed by atoms with E-state index in [0.29, 0.717) is 0 Å². The van der Waals surface area contributed by atoms with E-state index < -0.39 is 0 Å². The van der Waals surface area contributed by atoms with Gasteiger partial charge in [0, 0.05) is 6.54 Å². The van der Waals surface area contributed by atoms with Gasteiger partial charge in [0.05, 0.1) is 6.61 Å². The van der Waals surface area contributed by atoms with Gasteiger partial charge in [-0.15, -0.1) is 0 Å². The average Bonchev–Trinajstić information content (AvgIpc) is 2.52. The highest BCUT2D eigenvalue weighted by atomic mass is 16.5. The van der Waals surface area contributed by atoms with Crippen LogP contribution in [0.25, 0.3) is 0 Å². The standard InChI is InChI=1S/C19H25NO/c1-3-13-21-19-6-4-5-18(14-19)15-20-12-11-17-9-7-16(2)8-10-17/h4-10,14,20H,3,11-13,15H2,1-2H3. The van der Waals surface area contributed by atoms with Crippen molar-refractivity contribution in [3.05, 3.63) is 65.2 Å². The first-order chi connectivity index (χ1) is 10.3. The van der Waals surface area contributed by atoms with Crippen LogP contribution in [0.2, 0.25) is 0 Å². The lowest BCUT2D eigenvalue weighted by Gasteiger charge is -2.08. The third-order valence-corrected chi connectivity index (χ3v) is 3.41. The average molecular weight is 283 g/mol. The molecule has 1 N–H and O–H groups in total. The maximum absolute atomic E-state index is 5.65. The Hall–Kier alpha value is -1.80. The van der Waals surface area contributed by atoms with Crippen LogP contribution in [-0.4, -0.2) is 13.2 Å². The lowest BCUT2D eigenvalue weighted by Crippen LogP contribution is -2.16. The molecule has 0 radical (unpaired) electrons. The van der Waals surface area contributed by atoms with Gasteiger partial charge in [-0.1, -0.05) is 48.9 Å². The quantitative estimate of drug-likeness (QED) is 0.736. The maximum atomic E-state index is 5.65. The van der Waals surface area contributed by atoms with Crippen LogP contribution in [0.15, 0.2) is 48.5 Å². The molecule has 0 heterocycles. The first kappa shape index (κ1) is 15.6. The summed E-state index contributed by atoms with van der Waals surface area (Å²) in [6, 6.07) is 17.1. The Bertz CT molecular complexity index is 534. The molecule has 0 aliphatic carbocycles. The number of hydrogen-bond donors (Lipinski definition) is 1. The zero-order chi connectivity index (χ0) is 14.9. The molecule has 2 nitrogen and oxygen atoms in total. The van der Waals surface area contributed by atoms with Gasteiger partial charge in [-0.3, -0.25) is 0 Å². The highest BCUT2D eigenvalue weighted by Gasteiger charge is 1.97. The number of ether oxygens (including phenoxy) is 1. The SMILES string of the molecule is CCCOc1cccc(CNCCc2ccc(C)cc2)c1. The van der Waals surface area contributed by atoms with E-state index in [9.17, 15) is 0 Å². The highest BCUT2D eigenvalue weighted by molar-refractivity contribution is 5.28. The second-order valence-corrected chi connectivity index (χ2v) is 5.41. The lowest BCUT2D eigenvalue weighted by molar-refractivity contribution is 0.317. The van der Waals surface area contributed by atoms with E-state index in [1.54, 1.807) is 0 Å². The summed E-state index contributed by atoms with van der Waals surface area (Å²) < 4.78 is 5.65. The number of rotatable bonds is 8. The zero-order valence-electron chi connectivity index (χ0n) is 13.1. The zero-order valence-corrected chi connectivity index (χ0v) is 13.1. The molecule has 0 saturated heterocycles. The van der Waals surface area contributed by atoms with Crippen molar-refractivity contribution in [2.75, 3.05) is 13.2 Å². The topological polar surface area (TPSA) is 21.3 Å². The third-order valence-electron chi connectivity index (χ3n) is 3.41. The Labute approximate surface area is 128 Å². The molecule has 112 valence electrons. The minimum atomic E-state index is 0.782. The van der Waals surface area contributed by atoms with Crippen LogP contribution in [0.1, 0.15) is 30.0 Å². The van der Waals surface area contributed by atoms with E-state index in [-0.39, 0.29) is 0 Å². The minimum absolute atomic E-state index is 0.782. The van der Waals surface area contributed by atoms with E-state index >= 15 is 0 Å². The molecule has 0 atom stereocenters. The molecule has 0 bridgehead atoms. The van der Waals surface area contributed by atoms with Gasteiger partial charge in [0.1, 0.15) is 5.75 Å². The van der Waals surface area contributed by atoms with E-state index in [0.717, 1.165) is 38.3 Å². The van der Waals surface area contributed by atoms with Gasteiger partial charge in [-0.25, -0.2) is 0 Å². The third kappa shape index (κ3) is 5.60. The van der Waals surface area contributed by atoms with Crippen molar-refractivity contribution in [1.82, 2.24) is 5.32 Å². The van der Waals surface area contributed by atoms with Gasteiger partial charge >= 0.3 is 0 Å². The predicted molar refractivity (Wildman–Crippen MR) is 88.8 cm³/mol. The molecule has 0 aliphatic heterocycles.